The van der Waals surface area contributed by atoms with E-state index in [2.05, 4.69) is 31.0 Å². The van der Waals surface area contributed by atoms with Crippen LogP contribution < -0.4 is 4.74 Å². The van der Waals surface area contributed by atoms with E-state index >= 15 is 0 Å². The van der Waals surface area contributed by atoms with Crippen molar-refractivity contribution in [2.75, 3.05) is 0 Å². The molecule has 16 heavy (non-hydrogen) atoms. The average molecular weight is 219 g/mol. The number of hydrogen-bond donors (Lipinski definition) is 0. The number of ether oxygens (including phenoxy) is 1. The van der Waals surface area contributed by atoms with Crippen molar-refractivity contribution in [1.29, 1.82) is 0 Å². The van der Waals surface area contributed by atoms with Crippen LogP contribution in [0.5, 0.6) is 5.75 Å². The summed E-state index contributed by atoms with van der Waals surface area (Å²) in [6.45, 7) is 8.45. The van der Waals surface area contributed by atoms with Crippen LogP contribution in [-0.2, 0) is 0 Å². The predicted octanol–water partition coefficient (Wildman–Crippen LogP) is 3.93. The molecule has 1 aromatic rings. The Kier molecular flexibility index (Phi) is 5.03. The van der Waals surface area contributed by atoms with Crippen molar-refractivity contribution in [1.82, 2.24) is 4.98 Å². The zero-order chi connectivity index (χ0) is 12.0. The fourth-order valence-electron chi connectivity index (χ4n) is 1.34. The fourth-order valence-corrected chi connectivity index (χ4v) is 1.34. The quantitative estimate of drug-likeness (QED) is 0.748. The second-order valence-electron chi connectivity index (χ2n) is 4.65. The first-order chi connectivity index (χ1) is 7.58. The molecule has 2 heteroatoms. The highest BCUT2D eigenvalue weighted by molar-refractivity contribution is 5.49. The first-order valence-corrected chi connectivity index (χ1v) is 5.86. The van der Waals surface area contributed by atoms with Crippen LogP contribution in [0.4, 0.5) is 0 Å². The van der Waals surface area contributed by atoms with E-state index in [0.717, 1.165) is 17.7 Å². The van der Waals surface area contributed by atoms with Gasteiger partial charge in [0, 0.05) is 6.20 Å². The summed E-state index contributed by atoms with van der Waals surface area (Å²) >= 11 is 0. The normalized spacial score (nSPS) is 11.6. The standard InChI is InChI=1S/C14H21NO/c1-11(2)6-5-7-13-8-14(10-15-9-13)16-12(3)4/h5,7-12H,6H2,1-4H3/b7-5+. The largest absolute Gasteiger partial charge is 0.489 e. The van der Waals surface area contributed by atoms with Crippen LogP contribution in [0, 0.1) is 5.92 Å². The van der Waals surface area contributed by atoms with Crippen molar-refractivity contribution < 1.29 is 4.74 Å². The number of aromatic nitrogens is 1. The van der Waals surface area contributed by atoms with Gasteiger partial charge in [0.15, 0.2) is 0 Å². The van der Waals surface area contributed by atoms with E-state index in [1.54, 1.807) is 6.20 Å². The molecule has 0 aliphatic heterocycles. The van der Waals surface area contributed by atoms with Gasteiger partial charge in [-0.3, -0.25) is 4.98 Å². The molecule has 88 valence electrons. The topological polar surface area (TPSA) is 22.1 Å². The van der Waals surface area contributed by atoms with Crippen LogP contribution in [0.25, 0.3) is 6.08 Å². The fraction of sp³-hybridized carbons (Fsp3) is 0.500. The Bertz CT molecular complexity index is 342. The molecule has 0 atom stereocenters. The van der Waals surface area contributed by atoms with Crippen LogP contribution in [0.3, 0.4) is 0 Å². The van der Waals surface area contributed by atoms with Gasteiger partial charge in [0.25, 0.3) is 0 Å². The molecule has 0 saturated carbocycles. The first-order valence-electron chi connectivity index (χ1n) is 5.86. The molecule has 2 nitrogen and oxygen atoms in total. The van der Waals surface area contributed by atoms with Gasteiger partial charge >= 0.3 is 0 Å². The molecular weight excluding hydrogens is 198 g/mol. The Morgan fingerprint density at radius 1 is 1.25 bits per heavy atom. The van der Waals surface area contributed by atoms with Crippen LogP contribution in [0.2, 0.25) is 0 Å². The lowest BCUT2D eigenvalue weighted by molar-refractivity contribution is 0.241. The third kappa shape index (κ3) is 4.96. The van der Waals surface area contributed by atoms with Crippen LogP contribution >= 0.6 is 0 Å². The van der Waals surface area contributed by atoms with Gasteiger partial charge in [0.05, 0.1) is 12.3 Å². The Morgan fingerprint density at radius 3 is 2.62 bits per heavy atom. The number of nitrogens with zero attached hydrogens (tertiary/aromatic N) is 1. The van der Waals surface area contributed by atoms with Gasteiger partial charge < -0.3 is 4.74 Å². The second kappa shape index (κ2) is 6.31. The highest BCUT2D eigenvalue weighted by Crippen LogP contribution is 2.14. The Hall–Kier alpha value is -1.31. The SMILES string of the molecule is CC(C)C/C=C/c1cncc(OC(C)C)c1. The monoisotopic (exact) mass is 219 g/mol. The number of pyridine rings is 1. The van der Waals surface area contributed by atoms with E-state index in [-0.39, 0.29) is 6.10 Å². The molecule has 0 saturated heterocycles. The zero-order valence-electron chi connectivity index (χ0n) is 10.6. The lowest BCUT2D eigenvalue weighted by Crippen LogP contribution is -2.05. The molecule has 0 amide bonds. The molecule has 0 N–H and O–H groups in total. The summed E-state index contributed by atoms with van der Waals surface area (Å²) in [7, 11) is 0. The van der Waals surface area contributed by atoms with E-state index in [1.807, 2.05) is 26.1 Å². The van der Waals surface area contributed by atoms with Gasteiger partial charge in [-0.05, 0) is 37.8 Å². The molecule has 0 spiro atoms. The smallest absolute Gasteiger partial charge is 0.138 e. The summed E-state index contributed by atoms with van der Waals surface area (Å²) in [6, 6.07) is 2.02. The van der Waals surface area contributed by atoms with E-state index < -0.39 is 0 Å². The Morgan fingerprint density at radius 2 is 2.00 bits per heavy atom. The third-order valence-corrected chi connectivity index (χ3v) is 2.02. The molecule has 0 aromatic carbocycles. The lowest BCUT2D eigenvalue weighted by atomic mass is 10.1. The van der Waals surface area contributed by atoms with E-state index in [0.29, 0.717) is 5.92 Å². The number of allylic oxidation sites excluding steroid dienone is 1. The third-order valence-electron chi connectivity index (χ3n) is 2.02. The van der Waals surface area contributed by atoms with Crippen molar-refractivity contribution in [3.05, 3.63) is 30.1 Å². The zero-order valence-corrected chi connectivity index (χ0v) is 10.6. The molecule has 0 fully saturated rings. The minimum absolute atomic E-state index is 0.191. The van der Waals surface area contributed by atoms with Gasteiger partial charge in [-0.2, -0.15) is 0 Å². The van der Waals surface area contributed by atoms with E-state index in [1.165, 1.54) is 0 Å². The highest BCUT2D eigenvalue weighted by atomic mass is 16.5. The van der Waals surface area contributed by atoms with Gasteiger partial charge in [-0.15, -0.1) is 0 Å². The van der Waals surface area contributed by atoms with Crippen molar-refractivity contribution >= 4 is 6.08 Å². The summed E-state index contributed by atoms with van der Waals surface area (Å²) in [6.07, 6.45) is 9.16. The van der Waals surface area contributed by atoms with Gasteiger partial charge in [0.1, 0.15) is 5.75 Å². The lowest BCUT2D eigenvalue weighted by Gasteiger charge is -2.09. The van der Waals surface area contributed by atoms with Crippen molar-refractivity contribution in [2.24, 2.45) is 5.92 Å². The predicted molar refractivity (Wildman–Crippen MR) is 68.5 cm³/mol. The molecule has 1 aromatic heterocycles. The van der Waals surface area contributed by atoms with Crippen LogP contribution in [0.1, 0.15) is 39.7 Å². The first kappa shape index (κ1) is 12.8. The maximum Gasteiger partial charge on any atom is 0.138 e. The molecule has 0 bridgehead atoms. The maximum atomic E-state index is 5.59. The van der Waals surface area contributed by atoms with Crippen molar-refractivity contribution in [3.63, 3.8) is 0 Å². The van der Waals surface area contributed by atoms with Crippen LogP contribution in [-0.4, -0.2) is 11.1 Å². The summed E-state index contributed by atoms with van der Waals surface area (Å²) < 4.78 is 5.59. The molecule has 0 aliphatic rings. The number of hydrogen-bond acceptors (Lipinski definition) is 2. The highest BCUT2D eigenvalue weighted by Gasteiger charge is 1.98. The second-order valence-corrected chi connectivity index (χ2v) is 4.65. The van der Waals surface area contributed by atoms with Crippen LogP contribution in [0.15, 0.2) is 24.5 Å². The molecule has 1 heterocycles. The Labute approximate surface area is 98.4 Å². The summed E-state index contributed by atoms with van der Waals surface area (Å²) in [5.41, 5.74) is 1.10. The summed E-state index contributed by atoms with van der Waals surface area (Å²) in [5.74, 6) is 1.53. The van der Waals surface area contributed by atoms with Crippen molar-refractivity contribution in [2.45, 2.75) is 40.2 Å². The van der Waals surface area contributed by atoms with E-state index in [4.69, 9.17) is 4.74 Å². The molecule has 0 aliphatic carbocycles. The molecule has 0 radical (unpaired) electrons. The minimum Gasteiger partial charge on any atom is -0.489 e. The summed E-state index contributed by atoms with van der Waals surface area (Å²) in [5, 5.41) is 0. The summed E-state index contributed by atoms with van der Waals surface area (Å²) in [4.78, 5) is 4.16. The molecular formula is C14H21NO. The van der Waals surface area contributed by atoms with Gasteiger partial charge in [0.2, 0.25) is 0 Å². The average Bonchev–Trinajstić information content (AvgIpc) is 2.16. The maximum absolute atomic E-state index is 5.59. The van der Waals surface area contributed by atoms with Crippen molar-refractivity contribution in [3.8, 4) is 5.75 Å². The Balaban J connectivity index is 2.63. The molecule has 1 rings (SSSR count). The molecule has 0 unspecified atom stereocenters. The minimum atomic E-state index is 0.191. The van der Waals surface area contributed by atoms with Gasteiger partial charge in [-0.25, -0.2) is 0 Å². The van der Waals surface area contributed by atoms with Gasteiger partial charge in [-0.1, -0.05) is 26.0 Å². The van der Waals surface area contributed by atoms with E-state index in [9.17, 15) is 0 Å². The number of rotatable bonds is 5.